The Morgan fingerprint density at radius 3 is 2.08 bits per heavy atom. The third-order valence-corrected chi connectivity index (χ3v) is 6.96. The molecule has 0 bridgehead atoms. The van der Waals surface area contributed by atoms with Gasteiger partial charge in [0.1, 0.15) is 11.5 Å². The van der Waals surface area contributed by atoms with Gasteiger partial charge in [0.2, 0.25) is 0 Å². The molecular weight excluding hydrogens is 444 g/mol. The molecule has 0 spiro atoms. The molecule has 0 unspecified atom stereocenters. The molecule has 0 aliphatic heterocycles. The summed E-state index contributed by atoms with van der Waals surface area (Å²) in [5, 5.41) is 24.2. The van der Waals surface area contributed by atoms with Crippen molar-refractivity contribution < 1.29 is 10.2 Å². The van der Waals surface area contributed by atoms with Crippen LogP contribution in [0.4, 0.5) is 0 Å². The Morgan fingerprint density at radius 1 is 0.722 bits per heavy atom. The summed E-state index contributed by atoms with van der Waals surface area (Å²) in [6.07, 6.45) is 6.57. The molecule has 5 rings (SSSR count). The summed E-state index contributed by atoms with van der Waals surface area (Å²) in [7, 11) is 0. The third kappa shape index (κ3) is 5.67. The van der Waals surface area contributed by atoms with Crippen molar-refractivity contribution in [2.75, 3.05) is 0 Å². The summed E-state index contributed by atoms with van der Waals surface area (Å²) in [5.74, 6) is 0.588. The van der Waals surface area contributed by atoms with E-state index in [0.29, 0.717) is 11.8 Å². The predicted molar refractivity (Wildman–Crippen MR) is 148 cm³/mol. The average molecular weight is 477 g/mol. The molecule has 1 aliphatic rings. The minimum Gasteiger partial charge on any atom is -0.507 e. The van der Waals surface area contributed by atoms with Crippen LogP contribution in [0.25, 0.3) is 22.3 Å². The lowest BCUT2D eigenvalue weighted by Crippen LogP contribution is -2.40. The van der Waals surface area contributed by atoms with E-state index in [1.54, 1.807) is 12.1 Å². The monoisotopic (exact) mass is 476 g/mol. The quantitative estimate of drug-likeness (QED) is 0.253. The van der Waals surface area contributed by atoms with Gasteiger partial charge in [0.05, 0.1) is 6.04 Å². The van der Waals surface area contributed by atoms with Crippen LogP contribution in [0.2, 0.25) is 0 Å². The number of hydrogen-bond acceptors (Lipinski definition) is 4. The minimum atomic E-state index is 0.230. The normalized spacial score (nSPS) is 17.9. The zero-order valence-electron chi connectivity index (χ0n) is 20.3. The zero-order valence-corrected chi connectivity index (χ0v) is 20.3. The van der Waals surface area contributed by atoms with Crippen molar-refractivity contribution in [3.8, 4) is 33.8 Å². The molecule has 4 aromatic carbocycles. The maximum Gasteiger partial charge on any atom is 0.123 e. The Hall–Kier alpha value is -3.89. The molecule has 182 valence electrons. The van der Waals surface area contributed by atoms with E-state index in [-0.39, 0.29) is 11.8 Å². The van der Waals surface area contributed by atoms with Gasteiger partial charge in [-0.25, -0.2) is 0 Å². The van der Waals surface area contributed by atoms with Crippen molar-refractivity contribution in [3.63, 3.8) is 0 Å². The van der Waals surface area contributed by atoms with Crippen LogP contribution in [0.3, 0.4) is 0 Å². The number of nitrogens with zero attached hydrogens (tertiary/aromatic N) is 1. The molecule has 0 amide bonds. The third-order valence-electron chi connectivity index (χ3n) is 6.96. The van der Waals surface area contributed by atoms with Crippen LogP contribution in [-0.2, 0) is 6.54 Å². The predicted octanol–water partition coefficient (Wildman–Crippen LogP) is 6.95. The van der Waals surface area contributed by atoms with Crippen LogP contribution >= 0.6 is 0 Å². The summed E-state index contributed by atoms with van der Waals surface area (Å²) in [6.45, 7) is 0.765. The fourth-order valence-corrected chi connectivity index (χ4v) is 5.03. The highest BCUT2D eigenvalue weighted by Gasteiger charge is 2.23. The minimum absolute atomic E-state index is 0.230. The van der Waals surface area contributed by atoms with Crippen molar-refractivity contribution in [3.05, 3.63) is 108 Å². The Labute approximate surface area is 213 Å². The Balaban J connectivity index is 1.27. The van der Waals surface area contributed by atoms with Gasteiger partial charge in [-0.2, -0.15) is 0 Å². The molecule has 4 nitrogen and oxygen atoms in total. The van der Waals surface area contributed by atoms with E-state index in [9.17, 15) is 10.2 Å². The van der Waals surface area contributed by atoms with E-state index < -0.39 is 0 Å². The lowest BCUT2D eigenvalue weighted by atomic mass is 9.90. The van der Waals surface area contributed by atoms with Gasteiger partial charge >= 0.3 is 0 Å². The van der Waals surface area contributed by atoms with Crippen LogP contribution < -0.4 is 5.32 Å². The molecule has 36 heavy (non-hydrogen) atoms. The highest BCUT2D eigenvalue weighted by Crippen LogP contribution is 2.30. The van der Waals surface area contributed by atoms with Crippen molar-refractivity contribution in [1.29, 1.82) is 0 Å². The second-order valence-corrected chi connectivity index (χ2v) is 9.48. The molecule has 4 heteroatoms. The van der Waals surface area contributed by atoms with Crippen molar-refractivity contribution in [2.24, 2.45) is 4.99 Å². The molecule has 4 aromatic rings. The summed E-state index contributed by atoms with van der Waals surface area (Å²) < 4.78 is 0. The molecule has 0 heterocycles. The summed E-state index contributed by atoms with van der Waals surface area (Å²) in [6, 6.07) is 32.0. The van der Waals surface area contributed by atoms with Crippen LogP contribution in [0.5, 0.6) is 11.5 Å². The van der Waals surface area contributed by atoms with E-state index in [0.717, 1.165) is 47.2 Å². The van der Waals surface area contributed by atoms with E-state index in [1.807, 2.05) is 66.9 Å². The van der Waals surface area contributed by atoms with Crippen LogP contribution in [0.15, 0.2) is 102 Å². The number of hydrogen-bond donors (Lipinski definition) is 3. The van der Waals surface area contributed by atoms with Gasteiger partial charge in [-0.3, -0.25) is 4.99 Å². The number of rotatable bonds is 7. The first-order chi connectivity index (χ1) is 17.7. The molecule has 1 fully saturated rings. The number of para-hydroxylation sites is 2. The number of benzene rings is 4. The van der Waals surface area contributed by atoms with E-state index in [1.165, 1.54) is 18.4 Å². The second-order valence-electron chi connectivity index (χ2n) is 9.48. The zero-order chi connectivity index (χ0) is 24.7. The maximum atomic E-state index is 10.2. The van der Waals surface area contributed by atoms with E-state index >= 15 is 0 Å². The van der Waals surface area contributed by atoms with Gasteiger partial charge in [-0.15, -0.1) is 0 Å². The highest BCUT2D eigenvalue weighted by atomic mass is 16.3. The molecule has 1 saturated carbocycles. The molecular formula is C32H32N2O2. The Kier molecular flexibility index (Phi) is 7.44. The first kappa shape index (κ1) is 23.8. The lowest BCUT2D eigenvalue weighted by Gasteiger charge is -2.29. The van der Waals surface area contributed by atoms with E-state index in [4.69, 9.17) is 4.99 Å². The van der Waals surface area contributed by atoms with Gasteiger partial charge in [-0.05, 0) is 59.4 Å². The molecule has 0 radical (unpaired) electrons. The Morgan fingerprint density at radius 2 is 1.36 bits per heavy atom. The average Bonchev–Trinajstić information content (AvgIpc) is 2.92. The topological polar surface area (TPSA) is 64.9 Å². The van der Waals surface area contributed by atoms with Crippen LogP contribution in [0.1, 0.15) is 36.8 Å². The molecule has 1 aliphatic carbocycles. The van der Waals surface area contributed by atoms with Gasteiger partial charge in [0.15, 0.2) is 0 Å². The molecule has 3 N–H and O–H groups in total. The number of phenolic OH excluding ortho intramolecular Hbond substituents is 2. The van der Waals surface area contributed by atoms with E-state index in [2.05, 4.69) is 29.6 Å². The number of aliphatic imine (C=N–C) groups is 1. The smallest absolute Gasteiger partial charge is 0.123 e. The molecule has 2 atom stereocenters. The summed E-state index contributed by atoms with van der Waals surface area (Å²) >= 11 is 0. The van der Waals surface area contributed by atoms with Crippen molar-refractivity contribution >= 4 is 6.21 Å². The van der Waals surface area contributed by atoms with Gasteiger partial charge in [0.25, 0.3) is 0 Å². The summed E-state index contributed by atoms with van der Waals surface area (Å²) in [4.78, 5) is 5.00. The maximum absolute atomic E-state index is 10.2. The number of phenols is 2. The number of aromatic hydroxyl groups is 2. The van der Waals surface area contributed by atoms with Crippen LogP contribution in [0, 0.1) is 0 Å². The summed E-state index contributed by atoms with van der Waals surface area (Å²) in [5.41, 5.74) is 5.92. The van der Waals surface area contributed by atoms with Crippen molar-refractivity contribution in [1.82, 2.24) is 5.32 Å². The lowest BCUT2D eigenvalue weighted by molar-refractivity contribution is 0.329. The standard InChI is InChI=1S/C32H32N2O2/c35-31-17-5-1-13-27(31)25-11-7-9-23(19-25)21-33-29-15-3-4-16-30(29)34-22-24-10-8-12-26(20-24)28-14-2-6-18-32(28)36/h1-2,5-14,17-21,29-30,34-36H,3-4,15-16,22H2/t29-,30-/m0/s1. The second kappa shape index (κ2) is 11.2. The van der Waals surface area contributed by atoms with Gasteiger partial charge in [-0.1, -0.05) is 85.6 Å². The largest absolute Gasteiger partial charge is 0.507 e. The highest BCUT2D eigenvalue weighted by molar-refractivity contribution is 5.83. The Bertz CT molecular complexity index is 1350. The first-order valence-electron chi connectivity index (χ1n) is 12.7. The fourth-order valence-electron chi connectivity index (χ4n) is 5.03. The molecule has 0 aromatic heterocycles. The SMILES string of the molecule is Oc1ccccc1-c1cccc(C=N[C@H]2CCCC[C@@H]2NCc2cccc(-c3ccccc3O)c2)c1. The first-order valence-corrected chi connectivity index (χ1v) is 12.7. The van der Waals surface area contributed by atoms with Gasteiger partial charge < -0.3 is 15.5 Å². The van der Waals surface area contributed by atoms with Crippen LogP contribution in [-0.4, -0.2) is 28.5 Å². The fraction of sp³-hybridized carbons (Fsp3) is 0.219. The number of nitrogens with one attached hydrogen (secondary N) is 1. The van der Waals surface area contributed by atoms with Crippen molar-refractivity contribution in [2.45, 2.75) is 44.3 Å². The van der Waals surface area contributed by atoms with Gasteiger partial charge in [0, 0.05) is 29.9 Å². The molecule has 0 saturated heterocycles.